The molecule has 2 fully saturated rings. The normalized spacial score (nSPS) is 27.8. The molecule has 20 heavy (non-hydrogen) atoms. The summed E-state index contributed by atoms with van der Waals surface area (Å²) in [6.45, 7) is 3.61. The molecular weight excluding hydrogens is 262 g/mol. The van der Waals surface area contributed by atoms with Gasteiger partial charge in [0.05, 0.1) is 12.5 Å². The fourth-order valence-corrected chi connectivity index (χ4v) is 3.19. The minimum atomic E-state index is -0.840. The Bertz CT molecular complexity index is 424. The quantitative estimate of drug-likeness (QED) is 0.684. The number of amides is 3. The number of carboxylic acid groups (broad SMARTS) is 1. The number of carbonyl (C=O) groups excluding carboxylic acids is 2. The van der Waals surface area contributed by atoms with Gasteiger partial charge in [-0.05, 0) is 33.1 Å². The van der Waals surface area contributed by atoms with E-state index in [9.17, 15) is 14.4 Å². The third kappa shape index (κ3) is 2.86. The molecule has 3 N–H and O–H groups in total. The molecule has 2 bridgehead atoms. The summed E-state index contributed by atoms with van der Waals surface area (Å²) >= 11 is 0. The summed E-state index contributed by atoms with van der Waals surface area (Å²) in [5.41, 5.74) is 0. The van der Waals surface area contributed by atoms with Crippen LogP contribution < -0.4 is 10.6 Å². The van der Waals surface area contributed by atoms with Gasteiger partial charge in [0.1, 0.15) is 0 Å². The monoisotopic (exact) mass is 283 g/mol. The van der Waals surface area contributed by atoms with Crippen molar-refractivity contribution in [2.24, 2.45) is 5.92 Å². The molecule has 0 aromatic heterocycles. The first-order valence-electron chi connectivity index (χ1n) is 6.98. The summed E-state index contributed by atoms with van der Waals surface area (Å²) in [5.74, 6) is -1.55. The van der Waals surface area contributed by atoms with Crippen molar-refractivity contribution in [3.05, 3.63) is 0 Å². The highest BCUT2D eigenvalue weighted by Gasteiger charge is 2.51. The highest BCUT2D eigenvalue weighted by molar-refractivity contribution is 5.85. The molecule has 0 saturated carbocycles. The standard InChI is InChI=1S/C13H21N3O4/c1-7(2)15-11(17)6-14-13(20)16-8-3-4-10(16)9(5-8)12(18)19/h7-10H,3-6H2,1-2H3,(H,14,20)(H,15,17)(H,18,19). The minimum absolute atomic E-state index is 0.00531. The molecule has 7 nitrogen and oxygen atoms in total. The van der Waals surface area contributed by atoms with Crippen molar-refractivity contribution in [2.75, 3.05) is 6.54 Å². The summed E-state index contributed by atoms with van der Waals surface area (Å²) in [6.07, 6.45) is 2.10. The first-order valence-corrected chi connectivity index (χ1v) is 6.98. The molecule has 2 aliphatic heterocycles. The van der Waals surface area contributed by atoms with Crippen LogP contribution in [0.25, 0.3) is 0 Å². The van der Waals surface area contributed by atoms with E-state index in [-0.39, 0.29) is 36.6 Å². The second-order valence-electron chi connectivity index (χ2n) is 5.77. The lowest BCUT2D eigenvalue weighted by Gasteiger charge is -2.23. The van der Waals surface area contributed by atoms with E-state index in [1.807, 2.05) is 13.8 Å². The number of hydrogen-bond acceptors (Lipinski definition) is 3. The molecule has 0 aromatic rings. The second kappa shape index (κ2) is 5.68. The summed E-state index contributed by atoms with van der Waals surface area (Å²) in [7, 11) is 0. The average Bonchev–Trinajstić information content (AvgIpc) is 2.92. The third-order valence-corrected chi connectivity index (χ3v) is 3.94. The molecule has 3 unspecified atom stereocenters. The number of carboxylic acids is 1. The van der Waals surface area contributed by atoms with Crippen molar-refractivity contribution in [1.29, 1.82) is 0 Å². The Morgan fingerprint density at radius 3 is 2.55 bits per heavy atom. The first kappa shape index (κ1) is 14.6. The maximum Gasteiger partial charge on any atom is 0.318 e. The van der Waals surface area contributed by atoms with Crippen LogP contribution in [0.15, 0.2) is 0 Å². The van der Waals surface area contributed by atoms with Gasteiger partial charge < -0.3 is 20.6 Å². The van der Waals surface area contributed by atoms with E-state index in [1.54, 1.807) is 4.90 Å². The van der Waals surface area contributed by atoms with Gasteiger partial charge in [-0.3, -0.25) is 9.59 Å². The number of nitrogens with one attached hydrogen (secondary N) is 2. The van der Waals surface area contributed by atoms with Gasteiger partial charge in [-0.25, -0.2) is 4.79 Å². The van der Waals surface area contributed by atoms with Gasteiger partial charge in [0.25, 0.3) is 0 Å². The minimum Gasteiger partial charge on any atom is -0.481 e. The van der Waals surface area contributed by atoms with Gasteiger partial charge in [0, 0.05) is 18.1 Å². The van der Waals surface area contributed by atoms with Crippen molar-refractivity contribution in [3.8, 4) is 0 Å². The average molecular weight is 283 g/mol. The van der Waals surface area contributed by atoms with Crippen LogP contribution in [-0.4, -0.2) is 52.6 Å². The lowest BCUT2D eigenvalue weighted by Crippen LogP contribution is -2.48. The highest BCUT2D eigenvalue weighted by atomic mass is 16.4. The Morgan fingerprint density at radius 2 is 2.00 bits per heavy atom. The summed E-state index contributed by atoms with van der Waals surface area (Å²) in [4.78, 5) is 36.3. The molecule has 3 atom stereocenters. The second-order valence-corrected chi connectivity index (χ2v) is 5.77. The molecule has 0 radical (unpaired) electrons. The number of rotatable bonds is 4. The maximum absolute atomic E-state index is 12.1. The molecule has 2 rings (SSSR count). The number of aliphatic carboxylic acids is 1. The number of hydrogen-bond donors (Lipinski definition) is 3. The van der Waals surface area contributed by atoms with Crippen LogP contribution in [-0.2, 0) is 9.59 Å². The molecule has 2 heterocycles. The number of fused-ring (bicyclic) bond motifs is 2. The van der Waals surface area contributed by atoms with E-state index in [2.05, 4.69) is 10.6 Å². The van der Waals surface area contributed by atoms with Crippen molar-refractivity contribution >= 4 is 17.9 Å². The molecule has 3 amide bonds. The van der Waals surface area contributed by atoms with Crippen molar-refractivity contribution in [2.45, 2.75) is 51.2 Å². The SMILES string of the molecule is CC(C)NC(=O)CNC(=O)N1C2CCC1C(C(=O)O)C2. The van der Waals surface area contributed by atoms with E-state index < -0.39 is 11.9 Å². The highest BCUT2D eigenvalue weighted by Crippen LogP contribution is 2.41. The van der Waals surface area contributed by atoms with Gasteiger partial charge in [-0.15, -0.1) is 0 Å². The van der Waals surface area contributed by atoms with Crippen LogP contribution in [0.3, 0.4) is 0 Å². The Labute approximate surface area is 117 Å². The van der Waals surface area contributed by atoms with Gasteiger partial charge in [0.2, 0.25) is 5.91 Å². The fourth-order valence-electron chi connectivity index (χ4n) is 3.19. The van der Waals surface area contributed by atoms with Crippen LogP contribution in [0.1, 0.15) is 33.1 Å². The Morgan fingerprint density at radius 1 is 1.30 bits per heavy atom. The number of nitrogens with zero attached hydrogens (tertiary/aromatic N) is 1. The third-order valence-electron chi connectivity index (χ3n) is 3.94. The molecule has 2 aliphatic rings. The van der Waals surface area contributed by atoms with Crippen molar-refractivity contribution in [1.82, 2.24) is 15.5 Å². The summed E-state index contributed by atoms with van der Waals surface area (Å²) < 4.78 is 0. The molecule has 0 spiro atoms. The zero-order chi connectivity index (χ0) is 14.9. The van der Waals surface area contributed by atoms with Gasteiger partial charge in [0.15, 0.2) is 0 Å². The molecule has 0 aliphatic carbocycles. The smallest absolute Gasteiger partial charge is 0.318 e. The first-order chi connectivity index (χ1) is 9.40. The zero-order valence-corrected chi connectivity index (χ0v) is 11.8. The van der Waals surface area contributed by atoms with Gasteiger partial charge >= 0.3 is 12.0 Å². The van der Waals surface area contributed by atoms with Crippen LogP contribution in [0.4, 0.5) is 4.79 Å². The predicted octanol–water partition coefficient (Wildman–Crippen LogP) is 0.158. The summed E-state index contributed by atoms with van der Waals surface area (Å²) in [6, 6.07) is -0.543. The zero-order valence-electron chi connectivity index (χ0n) is 11.8. The van der Waals surface area contributed by atoms with Crippen LogP contribution in [0.5, 0.6) is 0 Å². The van der Waals surface area contributed by atoms with E-state index in [4.69, 9.17) is 5.11 Å². The largest absolute Gasteiger partial charge is 0.481 e. The van der Waals surface area contributed by atoms with E-state index >= 15 is 0 Å². The molecule has 7 heteroatoms. The molecular formula is C13H21N3O4. The topological polar surface area (TPSA) is 98.7 Å². The van der Waals surface area contributed by atoms with Gasteiger partial charge in [-0.1, -0.05) is 0 Å². The van der Waals surface area contributed by atoms with E-state index in [0.717, 1.165) is 12.8 Å². The Balaban J connectivity index is 1.88. The number of carbonyl (C=O) groups is 3. The van der Waals surface area contributed by atoms with Crippen LogP contribution in [0, 0.1) is 5.92 Å². The lowest BCUT2D eigenvalue weighted by molar-refractivity contribution is -0.142. The van der Waals surface area contributed by atoms with Gasteiger partial charge in [-0.2, -0.15) is 0 Å². The lowest BCUT2D eigenvalue weighted by atomic mass is 9.89. The van der Waals surface area contributed by atoms with Crippen molar-refractivity contribution < 1.29 is 19.5 Å². The van der Waals surface area contributed by atoms with Crippen molar-refractivity contribution in [3.63, 3.8) is 0 Å². The summed E-state index contributed by atoms with van der Waals surface area (Å²) in [5, 5.41) is 14.4. The van der Waals surface area contributed by atoms with E-state index in [0.29, 0.717) is 6.42 Å². The molecule has 2 saturated heterocycles. The Kier molecular flexibility index (Phi) is 4.15. The van der Waals surface area contributed by atoms with Crippen LogP contribution in [0.2, 0.25) is 0 Å². The maximum atomic E-state index is 12.1. The predicted molar refractivity (Wildman–Crippen MR) is 71.1 cm³/mol. The molecule has 112 valence electrons. The Hall–Kier alpha value is -1.79. The number of urea groups is 1. The fraction of sp³-hybridized carbons (Fsp3) is 0.769. The molecule has 0 aromatic carbocycles. The van der Waals surface area contributed by atoms with Crippen LogP contribution >= 0.6 is 0 Å². The van der Waals surface area contributed by atoms with E-state index in [1.165, 1.54) is 0 Å².